The summed E-state index contributed by atoms with van der Waals surface area (Å²) in [6, 6.07) is 8.67. The van der Waals surface area contributed by atoms with Gasteiger partial charge in [0.25, 0.3) is 15.0 Å². The summed E-state index contributed by atoms with van der Waals surface area (Å²) in [6.07, 6.45) is 1.51. The van der Waals surface area contributed by atoms with Crippen molar-refractivity contribution in [1.29, 1.82) is 0 Å². The van der Waals surface area contributed by atoms with Gasteiger partial charge in [0.1, 0.15) is 5.56 Å². The zero-order chi connectivity index (χ0) is 15.5. The average Bonchev–Trinajstić information content (AvgIpc) is 2.46. The fourth-order valence-corrected chi connectivity index (χ4v) is 2.40. The second-order valence-corrected chi connectivity index (χ2v) is 6.54. The molecule has 0 aliphatic heterocycles. The van der Waals surface area contributed by atoms with Crippen LogP contribution in [0.2, 0.25) is 0 Å². The number of halogens is 1. The van der Waals surface area contributed by atoms with Gasteiger partial charge in [0.15, 0.2) is 0 Å². The van der Waals surface area contributed by atoms with E-state index in [1.54, 1.807) is 12.1 Å². The highest BCUT2D eigenvalue weighted by atomic mass is 35.7. The van der Waals surface area contributed by atoms with E-state index < -0.39 is 15.0 Å². The van der Waals surface area contributed by atoms with Crippen molar-refractivity contribution in [3.8, 4) is 5.88 Å². The third kappa shape index (κ3) is 3.71. The Kier molecular flexibility index (Phi) is 4.44. The molecule has 6 nitrogen and oxygen atoms in total. The lowest BCUT2D eigenvalue weighted by atomic mass is 10.2. The van der Waals surface area contributed by atoms with Crippen LogP contribution in [-0.2, 0) is 9.05 Å². The molecule has 0 bridgehead atoms. The Morgan fingerprint density at radius 2 is 1.90 bits per heavy atom. The first-order chi connectivity index (χ1) is 9.91. The summed E-state index contributed by atoms with van der Waals surface area (Å²) in [6.45, 7) is 0. The molecule has 1 N–H and O–H groups in total. The zero-order valence-corrected chi connectivity index (χ0v) is 12.5. The van der Waals surface area contributed by atoms with Gasteiger partial charge in [0.05, 0.1) is 12.0 Å². The number of anilines is 1. The van der Waals surface area contributed by atoms with Crippen LogP contribution in [0.4, 0.5) is 5.69 Å². The first-order valence-electron chi connectivity index (χ1n) is 5.77. The van der Waals surface area contributed by atoms with E-state index in [1.165, 1.54) is 37.6 Å². The van der Waals surface area contributed by atoms with Gasteiger partial charge in [-0.3, -0.25) is 4.79 Å². The molecule has 1 amide bonds. The maximum absolute atomic E-state index is 12.1. The number of aromatic nitrogens is 1. The van der Waals surface area contributed by atoms with Crippen molar-refractivity contribution in [3.63, 3.8) is 0 Å². The van der Waals surface area contributed by atoms with Gasteiger partial charge >= 0.3 is 0 Å². The molecule has 1 aromatic carbocycles. The molecule has 0 saturated carbocycles. The van der Waals surface area contributed by atoms with E-state index in [-0.39, 0.29) is 16.3 Å². The molecule has 0 atom stereocenters. The lowest BCUT2D eigenvalue weighted by Gasteiger charge is -2.08. The number of nitrogens with one attached hydrogen (secondary N) is 1. The first-order valence-corrected chi connectivity index (χ1v) is 8.08. The van der Waals surface area contributed by atoms with E-state index in [4.69, 9.17) is 15.4 Å². The molecule has 0 aliphatic carbocycles. The number of methoxy groups -OCH3 is 1. The van der Waals surface area contributed by atoms with E-state index >= 15 is 0 Å². The molecule has 8 heteroatoms. The van der Waals surface area contributed by atoms with Crippen LogP contribution in [0.25, 0.3) is 0 Å². The predicted octanol–water partition coefficient (Wildman–Crippen LogP) is 2.27. The summed E-state index contributed by atoms with van der Waals surface area (Å²) in [4.78, 5) is 16.0. The van der Waals surface area contributed by atoms with Crippen LogP contribution in [0, 0.1) is 0 Å². The minimum atomic E-state index is -3.78. The predicted molar refractivity (Wildman–Crippen MR) is 78.2 cm³/mol. The highest BCUT2D eigenvalue weighted by Gasteiger charge is 2.14. The monoisotopic (exact) mass is 326 g/mol. The van der Waals surface area contributed by atoms with E-state index in [0.29, 0.717) is 5.69 Å². The van der Waals surface area contributed by atoms with Crippen LogP contribution in [0.1, 0.15) is 10.4 Å². The standard InChI is InChI=1S/C13H11ClN2O4S/c1-20-13-11(3-2-8-15-13)12(17)16-9-4-6-10(7-5-9)21(14,18)19/h2-8H,1H3,(H,16,17). The van der Waals surface area contributed by atoms with Gasteiger partial charge < -0.3 is 10.1 Å². The topological polar surface area (TPSA) is 85.4 Å². The summed E-state index contributed by atoms with van der Waals surface area (Å²) in [5.74, 6) is -0.212. The fourth-order valence-electron chi connectivity index (χ4n) is 1.63. The Hall–Kier alpha value is -2.12. The average molecular weight is 327 g/mol. The summed E-state index contributed by atoms with van der Waals surface area (Å²) >= 11 is 0. The third-order valence-corrected chi connectivity index (χ3v) is 3.97. The molecule has 0 radical (unpaired) electrons. The van der Waals surface area contributed by atoms with Crippen molar-refractivity contribution < 1.29 is 17.9 Å². The van der Waals surface area contributed by atoms with Gasteiger partial charge in [-0.15, -0.1) is 0 Å². The summed E-state index contributed by atoms with van der Waals surface area (Å²) in [7, 11) is 2.85. The lowest BCUT2D eigenvalue weighted by molar-refractivity contribution is 0.102. The van der Waals surface area contributed by atoms with Crippen LogP contribution in [0.5, 0.6) is 5.88 Å². The van der Waals surface area contributed by atoms with Crippen molar-refractivity contribution >= 4 is 31.3 Å². The molecule has 2 aromatic rings. The van der Waals surface area contributed by atoms with E-state index in [0.717, 1.165) is 0 Å². The largest absolute Gasteiger partial charge is 0.480 e. The third-order valence-electron chi connectivity index (χ3n) is 2.60. The SMILES string of the molecule is COc1ncccc1C(=O)Nc1ccc(S(=O)(=O)Cl)cc1. The number of rotatable bonds is 4. The molecule has 0 spiro atoms. The maximum atomic E-state index is 12.1. The van der Waals surface area contributed by atoms with E-state index in [1.807, 2.05) is 0 Å². The van der Waals surface area contributed by atoms with Crippen LogP contribution < -0.4 is 10.1 Å². The number of hydrogen-bond donors (Lipinski definition) is 1. The minimum absolute atomic E-state index is 0.0406. The fraction of sp³-hybridized carbons (Fsp3) is 0.0769. The van der Waals surface area contributed by atoms with Gasteiger partial charge in [0, 0.05) is 22.6 Å². The molecule has 0 unspecified atom stereocenters. The van der Waals surface area contributed by atoms with Crippen LogP contribution in [-0.4, -0.2) is 26.4 Å². The van der Waals surface area contributed by atoms with Crippen LogP contribution >= 0.6 is 10.7 Å². The zero-order valence-electron chi connectivity index (χ0n) is 10.9. The Labute approximate surface area is 126 Å². The van der Waals surface area contributed by atoms with Crippen LogP contribution in [0.3, 0.4) is 0 Å². The molecule has 0 fully saturated rings. The van der Waals surface area contributed by atoms with Gasteiger partial charge in [-0.25, -0.2) is 13.4 Å². The van der Waals surface area contributed by atoms with E-state index in [9.17, 15) is 13.2 Å². The highest BCUT2D eigenvalue weighted by molar-refractivity contribution is 8.13. The molecule has 1 aromatic heterocycles. The molecular weight excluding hydrogens is 316 g/mol. The first kappa shape index (κ1) is 15.3. The molecular formula is C13H11ClN2O4S. The second-order valence-electron chi connectivity index (χ2n) is 3.98. The van der Waals surface area contributed by atoms with Gasteiger partial charge in [-0.05, 0) is 36.4 Å². The Morgan fingerprint density at radius 3 is 2.48 bits per heavy atom. The van der Waals surface area contributed by atoms with Gasteiger partial charge in [-0.2, -0.15) is 0 Å². The number of benzene rings is 1. The quantitative estimate of drug-likeness (QED) is 0.871. The molecule has 0 aliphatic rings. The summed E-state index contributed by atoms with van der Waals surface area (Å²) in [5.41, 5.74) is 0.698. The number of amides is 1. The number of nitrogens with zero attached hydrogens (tertiary/aromatic N) is 1. The number of pyridine rings is 1. The molecule has 2 rings (SSSR count). The summed E-state index contributed by atoms with van der Waals surface area (Å²) in [5, 5.41) is 2.61. The van der Waals surface area contributed by atoms with Gasteiger partial charge in [-0.1, -0.05) is 0 Å². The van der Waals surface area contributed by atoms with Crippen LogP contribution in [0.15, 0.2) is 47.5 Å². The Bertz CT molecular complexity index is 760. The Balaban J connectivity index is 2.20. The van der Waals surface area contributed by atoms with Crippen molar-refractivity contribution in [3.05, 3.63) is 48.2 Å². The Morgan fingerprint density at radius 1 is 1.24 bits per heavy atom. The molecule has 1 heterocycles. The van der Waals surface area contributed by atoms with E-state index in [2.05, 4.69) is 10.3 Å². The van der Waals surface area contributed by atoms with Crippen molar-refractivity contribution in [2.45, 2.75) is 4.90 Å². The van der Waals surface area contributed by atoms with Crippen molar-refractivity contribution in [1.82, 2.24) is 4.98 Å². The minimum Gasteiger partial charge on any atom is -0.480 e. The molecule has 0 saturated heterocycles. The normalized spacial score (nSPS) is 11.0. The maximum Gasteiger partial charge on any atom is 0.261 e. The highest BCUT2D eigenvalue weighted by Crippen LogP contribution is 2.19. The molecule has 21 heavy (non-hydrogen) atoms. The number of carbonyl (C=O) groups is 1. The van der Waals surface area contributed by atoms with Crippen molar-refractivity contribution in [2.24, 2.45) is 0 Å². The number of carbonyl (C=O) groups excluding carboxylic acids is 1. The lowest BCUT2D eigenvalue weighted by Crippen LogP contribution is -2.13. The molecule has 110 valence electrons. The van der Waals surface area contributed by atoms with Crippen molar-refractivity contribution in [2.75, 3.05) is 12.4 Å². The summed E-state index contributed by atoms with van der Waals surface area (Å²) < 4.78 is 27.2. The second kappa shape index (κ2) is 6.11. The number of ether oxygens (including phenoxy) is 1. The number of hydrogen-bond acceptors (Lipinski definition) is 5. The van der Waals surface area contributed by atoms with Gasteiger partial charge in [0.2, 0.25) is 5.88 Å². The smallest absolute Gasteiger partial charge is 0.261 e.